The average molecular weight is 332 g/mol. The number of carbonyl (C=O) groups is 1. The van der Waals surface area contributed by atoms with Gasteiger partial charge in [0, 0.05) is 19.0 Å². The predicted octanol–water partition coefficient (Wildman–Crippen LogP) is 3.91. The Hall–Kier alpha value is -0.830. The van der Waals surface area contributed by atoms with E-state index >= 15 is 0 Å². The second-order valence-corrected chi connectivity index (χ2v) is 9.36. The first-order chi connectivity index (χ1) is 11.4. The third-order valence-corrected chi connectivity index (χ3v) is 8.33. The van der Waals surface area contributed by atoms with Gasteiger partial charge in [-0.25, -0.2) is 0 Å². The summed E-state index contributed by atoms with van der Waals surface area (Å²) in [6.45, 7) is 7.53. The maximum absolute atomic E-state index is 12.2. The van der Waals surface area contributed by atoms with Gasteiger partial charge in [0.15, 0.2) is 0 Å². The van der Waals surface area contributed by atoms with Gasteiger partial charge in [-0.3, -0.25) is 4.79 Å². The zero-order valence-corrected chi connectivity index (χ0v) is 15.6. The van der Waals surface area contributed by atoms with Crippen LogP contribution >= 0.6 is 0 Å². The van der Waals surface area contributed by atoms with Crippen molar-refractivity contribution in [1.29, 1.82) is 0 Å². The second-order valence-electron chi connectivity index (χ2n) is 9.36. The maximum Gasteiger partial charge on any atom is 0.219 e. The number of aliphatic hydroxyl groups is 1. The molecule has 0 aromatic rings. The molecule has 0 bridgehead atoms. The summed E-state index contributed by atoms with van der Waals surface area (Å²) in [5.41, 5.74) is 1.90. The fraction of sp³-hybridized carbons (Fsp3) is 0.857. The molecular weight excluding hydrogens is 298 g/mol. The molecule has 3 aliphatic carbocycles. The van der Waals surface area contributed by atoms with Gasteiger partial charge in [-0.15, -0.1) is 0 Å². The first-order valence-electron chi connectivity index (χ1n) is 10.0. The highest BCUT2D eigenvalue weighted by atomic mass is 16.3. The summed E-state index contributed by atoms with van der Waals surface area (Å²) in [5.74, 6) is 2.37. The number of hydrogen-bond donors (Lipinski definition) is 1. The van der Waals surface area contributed by atoms with Crippen molar-refractivity contribution in [2.75, 3.05) is 6.54 Å². The normalized spacial score (nSPS) is 48.0. The number of carbonyl (C=O) groups excluding carboxylic acids is 1. The van der Waals surface area contributed by atoms with Crippen LogP contribution in [0.25, 0.3) is 0 Å². The van der Waals surface area contributed by atoms with E-state index in [-0.39, 0.29) is 17.6 Å². The minimum Gasteiger partial charge on any atom is -0.393 e. The van der Waals surface area contributed by atoms with Crippen molar-refractivity contribution < 1.29 is 9.90 Å². The first kappa shape index (κ1) is 16.6. The first-order valence-corrected chi connectivity index (χ1v) is 10.0. The highest BCUT2D eigenvalue weighted by Gasteiger charge is 2.57. The number of fused-ring (bicyclic) bond motifs is 5. The molecule has 1 heterocycles. The Morgan fingerprint density at radius 2 is 2.00 bits per heavy atom. The number of likely N-dealkylation sites (tertiary alicyclic amines) is 1. The Labute approximate surface area is 146 Å². The van der Waals surface area contributed by atoms with Gasteiger partial charge in [-0.2, -0.15) is 0 Å². The fourth-order valence-corrected chi connectivity index (χ4v) is 7.04. The molecule has 1 N–H and O–H groups in total. The summed E-state index contributed by atoms with van der Waals surface area (Å²) in [6, 6.07) is 0. The minimum atomic E-state index is -0.127. The fourth-order valence-electron chi connectivity index (χ4n) is 7.04. The van der Waals surface area contributed by atoms with E-state index in [1.165, 1.54) is 18.4 Å². The van der Waals surface area contributed by atoms with E-state index in [0.717, 1.165) is 56.9 Å². The number of allylic oxidation sites excluding steroid dienone is 1. The number of aliphatic hydroxyl groups excluding tert-OH is 1. The summed E-state index contributed by atoms with van der Waals surface area (Å²) in [5, 5.41) is 10.1. The number of piperidine rings is 1. The van der Waals surface area contributed by atoms with Crippen LogP contribution in [0.3, 0.4) is 0 Å². The lowest BCUT2D eigenvalue weighted by Gasteiger charge is -2.62. The van der Waals surface area contributed by atoms with Crippen LogP contribution in [0.15, 0.2) is 11.6 Å². The van der Waals surface area contributed by atoms with Crippen molar-refractivity contribution in [2.24, 2.45) is 23.2 Å². The minimum absolute atomic E-state index is 0.0706. The molecule has 3 fully saturated rings. The van der Waals surface area contributed by atoms with Crippen molar-refractivity contribution >= 4 is 5.91 Å². The van der Waals surface area contributed by atoms with Gasteiger partial charge in [0.1, 0.15) is 0 Å². The highest BCUT2D eigenvalue weighted by Crippen LogP contribution is 2.61. The predicted molar refractivity (Wildman–Crippen MR) is 95.4 cm³/mol. The standard InChI is InChI=1S/C21H33NO2/c1-14(23)22-12-4-5-19-17-7-6-15-13-16(24)8-10-20(15,2)18(17)9-11-21(19,22)3/h6,16-19,24H,4-5,7-13H2,1-3H3/t16-,17+,18-,19-,20-,21-/m0/s1. The summed E-state index contributed by atoms with van der Waals surface area (Å²) < 4.78 is 0. The number of nitrogens with zero attached hydrogens (tertiary/aromatic N) is 1. The van der Waals surface area contributed by atoms with E-state index in [1.807, 2.05) is 0 Å². The monoisotopic (exact) mass is 331 g/mol. The van der Waals surface area contributed by atoms with Crippen molar-refractivity contribution in [1.82, 2.24) is 4.90 Å². The Bertz CT molecular complexity index is 570. The van der Waals surface area contributed by atoms with E-state index in [1.54, 1.807) is 6.92 Å². The van der Waals surface area contributed by atoms with Crippen LogP contribution in [0.1, 0.15) is 72.1 Å². The Morgan fingerprint density at radius 1 is 1.21 bits per heavy atom. The maximum atomic E-state index is 12.2. The third kappa shape index (κ3) is 2.23. The summed E-state index contributed by atoms with van der Waals surface area (Å²) in [7, 11) is 0. The van der Waals surface area contributed by atoms with Gasteiger partial charge >= 0.3 is 0 Å². The molecule has 1 amide bonds. The van der Waals surface area contributed by atoms with Crippen LogP contribution in [0.5, 0.6) is 0 Å². The molecule has 24 heavy (non-hydrogen) atoms. The molecule has 0 unspecified atom stereocenters. The second kappa shape index (κ2) is 5.59. The van der Waals surface area contributed by atoms with Crippen molar-refractivity contribution in [2.45, 2.75) is 83.8 Å². The van der Waals surface area contributed by atoms with Crippen LogP contribution in [-0.4, -0.2) is 34.1 Å². The molecule has 6 atom stereocenters. The Balaban J connectivity index is 1.67. The lowest BCUT2D eigenvalue weighted by molar-refractivity contribution is -0.151. The highest BCUT2D eigenvalue weighted by molar-refractivity contribution is 5.74. The quantitative estimate of drug-likeness (QED) is 0.684. The Kier molecular flexibility index (Phi) is 3.87. The molecule has 3 nitrogen and oxygen atoms in total. The van der Waals surface area contributed by atoms with Crippen LogP contribution in [0, 0.1) is 23.2 Å². The molecule has 0 aromatic heterocycles. The molecule has 0 radical (unpaired) electrons. The van der Waals surface area contributed by atoms with Gasteiger partial charge < -0.3 is 10.0 Å². The van der Waals surface area contributed by atoms with Gasteiger partial charge in [-0.1, -0.05) is 18.6 Å². The third-order valence-electron chi connectivity index (χ3n) is 8.33. The SMILES string of the molecule is CC(=O)N1CCC[C@H]2[C@@H]3CC=C4C[C@@H](O)CC[C@]4(C)[C@H]3CC[C@@]21C. The molecular formula is C21H33NO2. The average Bonchev–Trinajstić information content (AvgIpc) is 2.54. The summed E-state index contributed by atoms with van der Waals surface area (Å²) >= 11 is 0. The number of amides is 1. The van der Waals surface area contributed by atoms with E-state index in [2.05, 4.69) is 24.8 Å². The molecule has 3 heteroatoms. The zero-order chi connectivity index (χ0) is 17.1. The van der Waals surface area contributed by atoms with Crippen molar-refractivity contribution in [3.05, 3.63) is 11.6 Å². The van der Waals surface area contributed by atoms with Crippen molar-refractivity contribution in [3.63, 3.8) is 0 Å². The van der Waals surface area contributed by atoms with E-state index < -0.39 is 0 Å². The van der Waals surface area contributed by atoms with E-state index in [9.17, 15) is 9.90 Å². The van der Waals surface area contributed by atoms with Gasteiger partial charge in [0.2, 0.25) is 5.91 Å². The van der Waals surface area contributed by atoms with E-state index in [0.29, 0.717) is 11.3 Å². The topological polar surface area (TPSA) is 40.5 Å². The van der Waals surface area contributed by atoms with Crippen LogP contribution in [0.4, 0.5) is 0 Å². The van der Waals surface area contributed by atoms with E-state index in [4.69, 9.17) is 0 Å². The van der Waals surface area contributed by atoms with Crippen LogP contribution in [-0.2, 0) is 4.79 Å². The molecule has 4 rings (SSSR count). The smallest absolute Gasteiger partial charge is 0.219 e. The molecule has 4 aliphatic rings. The van der Waals surface area contributed by atoms with Gasteiger partial charge in [0.05, 0.1) is 6.10 Å². The molecule has 134 valence electrons. The number of rotatable bonds is 0. The lowest BCUT2D eigenvalue weighted by atomic mass is 9.48. The van der Waals surface area contributed by atoms with Gasteiger partial charge in [0.25, 0.3) is 0 Å². The van der Waals surface area contributed by atoms with Crippen LogP contribution < -0.4 is 0 Å². The largest absolute Gasteiger partial charge is 0.393 e. The number of hydrogen-bond acceptors (Lipinski definition) is 2. The molecule has 2 saturated carbocycles. The summed E-state index contributed by atoms with van der Waals surface area (Å²) in [6.07, 6.45) is 11.3. The zero-order valence-electron chi connectivity index (χ0n) is 15.6. The van der Waals surface area contributed by atoms with Crippen LogP contribution in [0.2, 0.25) is 0 Å². The molecule has 1 aliphatic heterocycles. The Morgan fingerprint density at radius 3 is 2.75 bits per heavy atom. The van der Waals surface area contributed by atoms with Gasteiger partial charge in [-0.05, 0) is 81.5 Å². The summed E-state index contributed by atoms with van der Waals surface area (Å²) in [4.78, 5) is 14.4. The molecule has 0 spiro atoms. The molecule has 0 aromatic carbocycles. The van der Waals surface area contributed by atoms with Crippen molar-refractivity contribution in [3.8, 4) is 0 Å². The molecule has 1 saturated heterocycles. The lowest BCUT2D eigenvalue weighted by Crippen LogP contribution is -2.63.